The smallest absolute Gasteiger partial charge is 0.249 e. The molecule has 28 heavy (non-hydrogen) atoms. The highest BCUT2D eigenvalue weighted by atomic mass is 79.9. The highest BCUT2D eigenvalue weighted by Crippen LogP contribution is 2.35. The number of amides is 2. The monoisotopic (exact) mass is 440 g/mol. The minimum Gasteiger partial charge on any atom is -0.497 e. The Kier molecular flexibility index (Phi) is 4.87. The average molecular weight is 441 g/mol. The summed E-state index contributed by atoms with van der Waals surface area (Å²) in [6.45, 7) is 0. The van der Waals surface area contributed by atoms with Crippen LogP contribution in [0.2, 0.25) is 0 Å². The van der Waals surface area contributed by atoms with Crippen molar-refractivity contribution in [1.82, 2.24) is 9.78 Å². The zero-order valence-electron chi connectivity index (χ0n) is 15.0. The van der Waals surface area contributed by atoms with Crippen molar-refractivity contribution in [3.8, 4) is 16.9 Å². The van der Waals surface area contributed by atoms with Gasteiger partial charge < -0.3 is 15.4 Å². The highest BCUT2D eigenvalue weighted by molar-refractivity contribution is 9.10. The number of nitrogens with zero attached hydrogens (tertiary/aromatic N) is 2. The number of methoxy groups -OCH3 is 1. The van der Waals surface area contributed by atoms with Crippen LogP contribution in [-0.2, 0) is 9.59 Å². The SMILES string of the molecule is COc1ccc(-c2cnn3c2NC(=O)C[C@H]3C(=O)Nc2ccc(Br)cc2)cc1. The topological polar surface area (TPSA) is 85.2 Å². The lowest BCUT2D eigenvalue weighted by Gasteiger charge is -2.24. The summed E-state index contributed by atoms with van der Waals surface area (Å²) in [4.78, 5) is 25.1. The van der Waals surface area contributed by atoms with Gasteiger partial charge in [-0.15, -0.1) is 0 Å². The number of ether oxygens (including phenoxy) is 1. The van der Waals surface area contributed by atoms with E-state index in [9.17, 15) is 9.59 Å². The van der Waals surface area contributed by atoms with Crippen molar-refractivity contribution in [2.75, 3.05) is 17.7 Å². The molecule has 2 aromatic carbocycles. The van der Waals surface area contributed by atoms with Gasteiger partial charge in [-0.2, -0.15) is 5.10 Å². The molecule has 1 atom stereocenters. The molecule has 7 nitrogen and oxygen atoms in total. The molecule has 142 valence electrons. The Morgan fingerprint density at radius 2 is 1.93 bits per heavy atom. The molecule has 0 unspecified atom stereocenters. The Labute approximate surface area is 169 Å². The summed E-state index contributed by atoms with van der Waals surface area (Å²) in [5.41, 5.74) is 2.27. The third-order valence-electron chi connectivity index (χ3n) is 4.54. The molecule has 0 saturated carbocycles. The van der Waals surface area contributed by atoms with E-state index in [1.165, 1.54) is 0 Å². The summed E-state index contributed by atoms with van der Waals surface area (Å²) < 4.78 is 7.66. The van der Waals surface area contributed by atoms with Crippen molar-refractivity contribution in [2.45, 2.75) is 12.5 Å². The molecule has 8 heteroatoms. The van der Waals surface area contributed by atoms with Gasteiger partial charge in [0, 0.05) is 15.7 Å². The molecule has 0 radical (unpaired) electrons. The molecule has 0 saturated heterocycles. The van der Waals surface area contributed by atoms with Gasteiger partial charge in [0.1, 0.15) is 17.6 Å². The van der Waals surface area contributed by atoms with Gasteiger partial charge in [0.2, 0.25) is 11.8 Å². The van der Waals surface area contributed by atoms with E-state index in [1.54, 1.807) is 30.1 Å². The first-order valence-corrected chi connectivity index (χ1v) is 9.42. The minimum atomic E-state index is -0.723. The predicted molar refractivity (Wildman–Crippen MR) is 109 cm³/mol. The van der Waals surface area contributed by atoms with Gasteiger partial charge in [0.05, 0.1) is 19.7 Å². The largest absolute Gasteiger partial charge is 0.497 e. The van der Waals surface area contributed by atoms with Crippen molar-refractivity contribution < 1.29 is 14.3 Å². The van der Waals surface area contributed by atoms with Crippen LogP contribution in [0.1, 0.15) is 12.5 Å². The molecule has 2 amide bonds. The molecule has 3 aromatic rings. The van der Waals surface area contributed by atoms with Crippen LogP contribution in [0.5, 0.6) is 5.75 Å². The highest BCUT2D eigenvalue weighted by Gasteiger charge is 2.33. The number of rotatable bonds is 4. The molecule has 2 heterocycles. The van der Waals surface area contributed by atoms with E-state index < -0.39 is 6.04 Å². The van der Waals surface area contributed by atoms with Gasteiger partial charge in [-0.05, 0) is 42.0 Å². The van der Waals surface area contributed by atoms with Crippen molar-refractivity contribution >= 4 is 39.2 Å². The number of anilines is 2. The summed E-state index contributed by atoms with van der Waals surface area (Å²) in [5, 5.41) is 10.1. The van der Waals surface area contributed by atoms with Gasteiger partial charge in [0.25, 0.3) is 0 Å². The lowest BCUT2D eigenvalue weighted by molar-refractivity contribution is -0.125. The fourth-order valence-corrected chi connectivity index (χ4v) is 3.38. The van der Waals surface area contributed by atoms with Gasteiger partial charge in [-0.1, -0.05) is 28.1 Å². The molecular formula is C20H17BrN4O3. The Morgan fingerprint density at radius 3 is 2.61 bits per heavy atom. The molecule has 0 aliphatic carbocycles. The molecular weight excluding hydrogens is 424 g/mol. The van der Waals surface area contributed by atoms with Crippen LogP contribution in [0.15, 0.2) is 59.2 Å². The second kappa shape index (κ2) is 7.47. The summed E-state index contributed by atoms with van der Waals surface area (Å²) in [6.07, 6.45) is 1.68. The van der Waals surface area contributed by atoms with E-state index in [0.717, 1.165) is 21.3 Å². The molecule has 4 rings (SSSR count). The van der Waals surface area contributed by atoms with E-state index in [4.69, 9.17) is 4.74 Å². The van der Waals surface area contributed by atoms with Crippen LogP contribution in [0.25, 0.3) is 11.1 Å². The van der Waals surface area contributed by atoms with Crippen molar-refractivity contribution in [2.24, 2.45) is 0 Å². The Hall–Kier alpha value is -3.13. The van der Waals surface area contributed by atoms with Crippen LogP contribution >= 0.6 is 15.9 Å². The normalized spacial score (nSPS) is 15.5. The summed E-state index contributed by atoms with van der Waals surface area (Å²) >= 11 is 3.36. The van der Waals surface area contributed by atoms with Gasteiger partial charge in [-0.25, -0.2) is 4.68 Å². The molecule has 0 fully saturated rings. The first-order valence-electron chi connectivity index (χ1n) is 8.63. The third-order valence-corrected chi connectivity index (χ3v) is 5.07. The van der Waals surface area contributed by atoms with Crippen molar-refractivity contribution in [3.05, 3.63) is 59.2 Å². The number of aromatic nitrogens is 2. The number of hydrogen-bond donors (Lipinski definition) is 2. The fourth-order valence-electron chi connectivity index (χ4n) is 3.11. The van der Waals surface area contributed by atoms with E-state index in [-0.39, 0.29) is 18.2 Å². The summed E-state index contributed by atoms with van der Waals surface area (Å²) in [5.74, 6) is 0.736. The number of nitrogens with one attached hydrogen (secondary N) is 2. The van der Waals surface area contributed by atoms with Gasteiger partial charge >= 0.3 is 0 Å². The van der Waals surface area contributed by atoms with Crippen LogP contribution in [-0.4, -0.2) is 28.7 Å². The van der Waals surface area contributed by atoms with Crippen LogP contribution in [0.3, 0.4) is 0 Å². The molecule has 1 aromatic heterocycles. The second-order valence-corrected chi connectivity index (χ2v) is 7.26. The maximum Gasteiger partial charge on any atom is 0.249 e. The standard InChI is InChI=1S/C20H17BrN4O3/c1-28-15-8-2-12(3-9-15)16-11-22-25-17(10-18(26)24-19(16)25)20(27)23-14-6-4-13(21)5-7-14/h2-9,11,17H,10H2,1H3,(H,23,27)(H,24,26)/t17-/m0/s1. The molecule has 1 aliphatic rings. The van der Waals surface area contributed by atoms with Crippen LogP contribution in [0.4, 0.5) is 11.5 Å². The maximum atomic E-state index is 12.8. The molecule has 0 spiro atoms. The first kappa shape index (κ1) is 18.2. The van der Waals surface area contributed by atoms with E-state index in [0.29, 0.717) is 11.5 Å². The first-order chi connectivity index (χ1) is 13.5. The number of fused-ring (bicyclic) bond motifs is 1. The third kappa shape index (κ3) is 3.50. The summed E-state index contributed by atoms with van der Waals surface area (Å²) in [7, 11) is 1.60. The van der Waals surface area contributed by atoms with E-state index >= 15 is 0 Å². The van der Waals surface area contributed by atoms with Crippen molar-refractivity contribution in [3.63, 3.8) is 0 Å². The number of hydrogen-bond acceptors (Lipinski definition) is 4. The zero-order valence-corrected chi connectivity index (χ0v) is 16.6. The van der Waals surface area contributed by atoms with Gasteiger partial charge in [0.15, 0.2) is 0 Å². The Morgan fingerprint density at radius 1 is 1.21 bits per heavy atom. The number of carbonyl (C=O) groups is 2. The zero-order chi connectivity index (χ0) is 19.7. The predicted octanol–water partition coefficient (Wildman–Crippen LogP) is 3.84. The maximum absolute atomic E-state index is 12.8. The quantitative estimate of drug-likeness (QED) is 0.645. The molecule has 2 N–H and O–H groups in total. The lowest BCUT2D eigenvalue weighted by atomic mass is 10.1. The minimum absolute atomic E-state index is 0.0269. The second-order valence-electron chi connectivity index (χ2n) is 6.34. The van der Waals surface area contributed by atoms with Crippen LogP contribution < -0.4 is 15.4 Å². The Balaban J connectivity index is 1.63. The molecule has 0 bridgehead atoms. The Bertz CT molecular complexity index is 1030. The van der Waals surface area contributed by atoms with Gasteiger partial charge in [-0.3, -0.25) is 9.59 Å². The number of carbonyl (C=O) groups excluding carboxylic acids is 2. The van der Waals surface area contributed by atoms with Crippen LogP contribution in [0, 0.1) is 0 Å². The lowest BCUT2D eigenvalue weighted by Crippen LogP contribution is -2.35. The average Bonchev–Trinajstić information content (AvgIpc) is 3.12. The van der Waals surface area contributed by atoms with Crippen molar-refractivity contribution in [1.29, 1.82) is 0 Å². The fraction of sp³-hybridized carbons (Fsp3) is 0.150. The van der Waals surface area contributed by atoms with E-state index in [1.807, 2.05) is 36.4 Å². The molecule has 1 aliphatic heterocycles. The van der Waals surface area contributed by atoms with E-state index in [2.05, 4.69) is 31.7 Å². The summed E-state index contributed by atoms with van der Waals surface area (Å²) in [6, 6.07) is 14.0. The number of benzene rings is 2. The number of halogens is 1.